The Balaban J connectivity index is 1.26. The van der Waals surface area contributed by atoms with Crippen LogP contribution in [0.25, 0.3) is 33.4 Å². The van der Waals surface area contributed by atoms with Gasteiger partial charge in [-0.3, -0.25) is 24.4 Å². The number of aryl methyl sites for hydroxylation is 1. The Bertz CT molecular complexity index is 2190. The molecule has 4 aliphatic rings. The van der Waals surface area contributed by atoms with Gasteiger partial charge in [-0.15, -0.1) is 11.3 Å². The number of anilines is 1. The highest BCUT2D eigenvalue weighted by Gasteiger charge is 2.42. The maximum Gasteiger partial charge on any atom is 0.324 e. The van der Waals surface area contributed by atoms with Crippen molar-refractivity contribution in [2.24, 2.45) is 17.3 Å². The van der Waals surface area contributed by atoms with Crippen molar-refractivity contribution in [3.8, 4) is 22.5 Å². The first kappa shape index (κ1) is 40.4. The second-order valence-electron chi connectivity index (χ2n) is 17.6. The third-order valence-electron chi connectivity index (χ3n) is 12.5. The van der Waals surface area contributed by atoms with Gasteiger partial charge in [0.15, 0.2) is 0 Å². The Hall–Kier alpha value is -4.37. The molecule has 0 radical (unpaired) electrons. The first-order valence-corrected chi connectivity index (χ1v) is 21.8. The number of piperazine rings is 1. The lowest BCUT2D eigenvalue weighted by molar-refractivity contribution is -0.155. The van der Waals surface area contributed by atoms with Crippen LogP contribution in [0.1, 0.15) is 76.3 Å². The second kappa shape index (κ2) is 16.4. The van der Waals surface area contributed by atoms with E-state index in [1.807, 2.05) is 25.4 Å². The molecule has 2 amide bonds. The minimum absolute atomic E-state index is 0.0897. The van der Waals surface area contributed by atoms with Crippen LogP contribution >= 0.6 is 11.3 Å². The molecule has 58 heavy (non-hydrogen) atoms. The minimum atomic E-state index is -0.825. The van der Waals surface area contributed by atoms with Crippen LogP contribution in [0.3, 0.4) is 0 Å². The van der Waals surface area contributed by atoms with Crippen molar-refractivity contribution in [3.05, 3.63) is 52.1 Å². The third kappa shape index (κ3) is 8.12. The molecule has 1 aromatic carbocycles. The van der Waals surface area contributed by atoms with Gasteiger partial charge in [0, 0.05) is 91.5 Å². The highest BCUT2D eigenvalue weighted by atomic mass is 32.1. The topological polar surface area (TPSA) is 134 Å². The zero-order valence-electron chi connectivity index (χ0n) is 35.0. The Morgan fingerprint density at radius 1 is 1.16 bits per heavy atom. The number of carbonyl (C=O) groups is 3. The average molecular weight is 811 g/mol. The van der Waals surface area contributed by atoms with Gasteiger partial charge in [0.25, 0.3) is 5.91 Å². The molecule has 13 nitrogen and oxygen atoms in total. The van der Waals surface area contributed by atoms with E-state index in [1.165, 1.54) is 16.3 Å². The molecule has 1 aliphatic carbocycles. The summed E-state index contributed by atoms with van der Waals surface area (Å²) < 4.78 is 14.5. The van der Waals surface area contributed by atoms with Crippen LogP contribution in [0.15, 0.2) is 35.8 Å². The maximum atomic E-state index is 14.1. The number of esters is 1. The molecule has 4 aromatic rings. The van der Waals surface area contributed by atoms with Crippen LogP contribution in [0.2, 0.25) is 0 Å². The highest BCUT2D eigenvalue weighted by Crippen LogP contribution is 2.43. The molecule has 2 N–H and O–H groups in total. The lowest BCUT2D eigenvalue weighted by Gasteiger charge is -2.35. The van der Waals surface area contributed by atoms with Crippen molar-refractivity contribution in [2.45, 2.75) is 91.5 Å². The number of rotatable bonds is 7. The van der Waals surface area contributed by atoms with Crippen molar-refractivity contribution in [1.82, 2.24) is 35.2 Å². The number of likely N-dealkylation sites (N-methyl/N-ethyl adjacent to an activating group) is 1. The van der Waals surface area contributed by atoms with Gasteiger partial charge in [-0.25, -0.2) is 10.4 Å². The summed E-state index contributed by atoms with van der Waals surface area (Å²) in [7, 11) is 3.89. The van der Waals surface area contributed by atoms with E-state index >= 15 is 0 Å². The van der Waals surface area contributed by atoms with E-state index in [-0.39, 0.29) is 42.8 Å². The molecule has 2 saturated heterocycles. The van der Waals surface area contributed by atoms with Crippen LogP contribution in [0, 0.1) is 17.3 Å². The van der Waals surface area contributed by atoms with Gasteiger partial charge >= 0.3 is 5.97 Å². The number of hydrazine groups is 1. The summed E-state index contributed by atoms with van der Waals surface area (Å²) in [4.78, 5) is 56.1. The normalized spacial score (nSPS) is 24.7. The average Bonchev–Trinajstić information content (AvgIpc) is 3.65. The van der Waals surface area contributed by atoms with Crippen LogP contribution in [-0.4, -0.2) is 108 Å². The summed E-state index contributed by atoms with van der Waals surface area (Å²) in [6.07, 6.45) is 4.60. The number of benzene rings is 1. The molecule has 0 unspecified atom stereocenters. The molecule has 3 aromatic heterocycles. The van der Waals surface area contributed by atoms with E-state index in [0.717, 1.165) is 94.5 Å². The Morgan fingerprint density at radius 3 is 2.66 bits per heavy atom. The van der Waals surface area contributed by atoms with Gasteiger partial charge in [0.2, 0.25) is 5.91 Å². The molecule has 5 atom stereocenters. The summed E-state index contributed by atoms with van der Waals surface area (Å²) in [5.41, 5.74) is 10.9. The predicted molar refractivity (Wildman–Crippen MR) is 226 cm³/mol. The zero-order valence-corrected chi connectivity index (χ0v) is 35.8. The molecule has 1 saturated carbocycles. The van der Waals surface area contributed by atoms with Gasteiger partial charge in [0.1, 0.15) is 12.1 Å². The molecule has 310 valence electrons. The summed E-state index contributed by atoms with van der Waals surface area (Å²) >= 11 is 1.49. The molecule has 3 fully saturated rings. The Morgan fingerprint density at radius 2 is 1.93 bits per heavy atom. The number of ether oxygens (including phenoxy) is 2. The van der Waals surface area contributed by atoms with Gasteiger partial charge < -0.3 is 29.2 Å². The SMILES string of the molecule is CCn1c(-c2cc(N3CCN(C)CC3)cnc2[C@H](C)OC)c2c3cc(ccc31)-c1csc(n1)C[C@H](NC(=O)[C@H]1C[C@@H]1C)C(=O)N1CCC[C@H](N1)C(=O)OCC(C)(C)C2. The van der Waals surface area contributed by atoms with E-state index < -0.39 is 17.5 Å². The predicted octanol–water partition coefficient (Wildman–Crippen LogP) is 5.61. The number of thiazole rings is 1. The summed E-state index contributed by atoms with van der Waals surface area (Å²) in [5, 5.41) is 8.46. The quantitative estimate of drug-likeness (QED) is 0.227. The molecule has 8 rings (SSSR count). The fourth-order valence-electron chi connectivity index (χ4n) is 8.80. The van der Waals surface area contributed by atoms with Gasteiger partial charge in [0.05, 0.1) is 46.7 Å². The largest absolute Gasteiger partial charge is 0.464 e. The van der Waals surface area contributed by atoms with Gasteiger partial charge in [-0.05, 0) is 76.3 Å². The van der Waals surface area contributed by atoms with E-state index in [2.05, 4.69) is 77.2 Å². The summed E-state index contributed by atoms with van der Waals surface area (Å²) in [5.74, 6) is -0.561. The van der Waals surface area contributed by atoms with Gasteiger partial charge in [-0.2, -0.15) is 0 Å². The number of nitrogens with one attached hydrogen (secondary N) is 2. The number of methoxy groups -OCH3 is 1. The summed E-state index contributed by atoms with van der Waals surface area (Å²) in [6, 6.07) is 7.34. The lowest BCUT2D eigenvalue weighted by Crippen LogP contribution is -2.60. The van der Waals surface area contributed by atoms with Crippen LogP contribution in [0.5, 0.6) is 0 Å². The number of cyclic esters (lactones) is 1. The fraction of sp³-hybridized carbons (Fsp3) is 0.568. The summed E-state index contributed by atoms with van der Waals surface area (Å²) in [6.45, 7) is 15.7. The van der Waals surface area contributed by atoms with Crippen LogP contribution in [0.4, 0.5) is 5.69 Å². The molecule has 0 spiro atoms. The number of pyridine rings is 1. The number of fused-ring (bicyclic) bond motifs is 6. The number of amides is 2. The van der Waals surface area contributed by atoms with Crippen molar-refractivity contribution >= 4 is 45.7 Å². The molecule has 6 bridgehead atoms. The smallest absolute Gasteiger partial charge is 0.324 e. The van der Waals surface area contributed by atoms with Gasteiger partial charge in [-0.1, -0.05) is 26.8 Å². The standard InChI is InChI=1S/C44H58N8O5S/c1-8-51-37-12-11-28-19-31(37)33(40(51)32-20-29(23-45-39(32)27(3)56-7)50-16-14-49(6)15-17-50)22-44(4,5)25-57-43(55)34-10-9-13-52(48-34)42(54)35(21-38-46-36(28)24-58-38)47-41(53)30-18-26(30)2/h11-12,19-20,23-24,26-27,30,34-35,48H,8-10,13-18,21-22,25H2,1-7H3,(H,47,53)/t26-,27-,30-,34-,35-/m0/s1. The molecule has 14 heteroatoms. The number of hydrogen-bond acceptors (Lipinski definition) is 11. The number of nitrogens with zero attached hydrogens (tertiary/aromatic N) is 6. The lowest BCUT2D eigenvalue weighted by atomic mass is 9.84. The Kier molecular flexibility index (Phi) is 11.4. The maximum absolute atomic E-state index is 14.1. The van der Waals surface area contributed by atoms with Crippen molar-refractivity contribution in [2.75, 3.05) is 58.4 Å². The minimum Gasteiger partial charge on any atom is -0.464 e. The second-order valence-corrected chi connectivity index (χ2v) is 18.5. The first-order chi connectivity index (χ1) is 27.8. The van der Waals surface area contributed by atoms with E-state index in [9.17, 15) is 14.4 Å². The van der Waals surface area contributed by atoms with Crippen LogP contribution < -0.4 is 15.6 Å². The van der Waals surface area contributed by atoms with Crippen molar-refractivity contribution in [1.29, 1.82) is 0 Å². The molecule has 3 aliphatic heterocycles. The van der Waals surface area contributed by atoms with E-state index in [1.54, 1.807) is 7.11 Å². The molecular weight excluding hydrogens is 753 g/mol. The monoisotopic (exact) mass is 810 g/mol. The number of carbonyl (C=O) groups excluding carboxylic acids is 3. The Labute approximate surface area is 345 Å². The number of aromatic nitrogens is 3. The van der Waals surface area contributed by atoms with Crippen LogP contribution in [-0.2, 0) is 43.2 Å². The fourth-order valence-corrected chi connectivity index (χ4v) is 9.65. The van der Waals surface area contributed by atoms with Crippen molar-refractivity contribution < 1.29 is 23.9 Å². The zero-order chi connectivity index (χ0) is 40.9. The van der Waals surface area contributed by atoms with Crippen molar-refractivity contribution in [3.63, 3.8) is 0 Å². The van der Waals surface area contributed by atoms with E-state index in [0.29, 0.717) is 31.7 Å². The molecular formula is C44H58N8O5S. The van der Waals surface area contributed by atoms with E-state index in [4.69, 9.17) is 19.4 Å². The third-order valence-corrected chi connectivity index (χ3v) is 13.4. The molecule has 6 heterocycles. The first-order valence-electron chi connectivity index (χ1n) is 20.9. The number of hydrogen-bond donors (Lipinski definition) is 2. The highest BCUT2D eigenvalue weighted by molar-refractivity contribution is 7.10.